The van der Waals surface area contributed by atoms with E-state index in [0.29, 0.717) is 6.07 Å². The summed E-state index contributed by atoms with van der Waals surface area (Å²) in [6.07, 6.45) is -5.74. The Kier molecular flexibility index (Phi) is 4.27. The number of aliphatic hydroxyl groups is 1. The van der Waals surface area contributed by atoms with E-state index in [9.17, 15) is 22.7 Å². The molecular formula is C13H17F4NO. The van der Waals surface area contributed by atoms with Crippen LogP contribution in [0.3, 0.4) is 0 Å². The van der Waals surface area contributed by atoms with Crippen molar-refractivity contribution >= 4 is 0 Å². The number of rotatable bonds is 2. The van der Waals surface area contributed by atoms with E-state index in [2.05, 4.69) is 0 Å². The van der Waals surface area contributed by atoms with Gasteiger partial charge in [0.05, 0.1) is 17.7 Å². The fourth-order valence-corrected chi connectivity index (χ4v) is 1.69. The van der Waals surface area contributed by atoms with Gasteiger partial charge in [-0.1, -0.05) is 26.8 Å². The fraction of sp³-hybridized carbons (Fsp3) is 0.538. The molecule has 0 aliphatic heterocycles. The van der Waals surface area contributed by atoms with Crippen LogP contribution >= 0.6 is 0 Å². The zero-order valence-corrected chi connectivity index (χ0v) is 10.9. The van der Waals surface area contributed by atoms with Gasteiger partial charge in [-0.15, -0.1) is 0 Å². The van der Waals surface area contributed by atoms with Crippen LogP contribution in [0.1, 0.15) is 37.9 Å². The first-order chi connectivity index (χ1) is 8.44. The average Bonchev–Trinajstić information content (AvgIpc) is 2.23. The molecule has 0 aliphatic rings. The Labute approximate surface area is 109 Å². The maximum absolute atomic E-state index is 13.4. The maximum atomic E-state index is 13.4. The van der Waals surface area contributed by atoms with Gasteiger partial charge in [0.1, 0.15) is 5.82 Å². The van der Waals surface area contributed by atoms with Gasteiger partial charge in [-0.2, -0.15) is 13.2 Å². The third kappa shape index (κ3) is 3.67. The van der Waals surface area contributed by atoms with E-state index in [1.165, 1.54) is 0 Å². The van der Waals surface area contributed by atoms with E-state index in [-0.39, 0.29) is 5.56 Å². The van der Waals surface area contributed by atoms with Crippen molar-refractivity contribution in [3.05, 3.63) is 35.1 Å². The lowest BCUT2D eigenvalue weighted by Crippen LogP contribution is -2.37. The molecule has 1 rings (SSSR count). The van der Waals surface area contributed by atoms with E-state index in [1.54, 1.807) is 20.8 Å². The van der Waals surface area contributed by atoms with Crippen LogP contribution in [-0.2, 0) is 6.18 Å². The average molecular weight is 279 g/mol. The smallest absolute Gasteiger partial charge is 0.391 e. The Balaban J connectivity index is 3.08. The maximum Gasteiger partial charge on any atom is 0.419 e. The highest BCUT2D eigenvalue weighted by molar-refractivity contribution is 5.29. The Hall–Kier alpha value is -1.14. The monoisotopic (exact) mass is 279 g/mol. The molecule has 0 fully saturated rings. The molecule has 3 N–H and O–H groups in total. The fourth-order valence-electron chi connectivity index (χ4n) is 1.69. The van der Waals surface area contributed by atoms with E-state index in [4.69, 9.17) is 5.73 Å². The van der Waals surface area contributed by atoms with Crippen molar-refractivity contribution in [2.24, 2.45) is 11.1 Å². The van der Waals surface area contributed by atoms with E-state index in [0.717, 1.165) is 12.1 Å². The molecule has 0 spiro atoms. The van der Waals surface area contributed by atoms with E-state index >= 15 is 0 Å². The molecule has 0 aliphatic carbocycles. The molecule has 2 atom stereocenters. The van der Waals surface area contributed by atoms with Crippen molar-refractivity contribution < 1.29 is 22.7 Å². The van der Waals surface area contributed by atoms with Gasteiger partial charge in [0, 0.05) is 0 Å². The second-order valence-corrected chi connectivity index (χ2v) is 5.57. The molecule has 1 aromatic carbocycles. The van der Waals surface area contributed by atoms with Gasteiger partial charge >= 0.3 is 6.18 Å². The Bertz CT molecular complexity index is 451. The normalized spacial score (nSPS) is 16.3. The zero-order chi connectivity index (χ0) is 15.0. The van der Waals surface area contributed by atoms with Crippen molar-refractivity contribution in [2.45, 2.75) is 39.1 Å². The van der Waals surface area contributed by atoms with Crippen LogP contribution in [-0.4, -0.2) is 11.2 Å². The SMILES string of the molecule is CC(C)(C)[C@@H](O)[C@@H](N)c1ccc(C(F)(F)F)c(F)c1. The highest BCUT2D eigenvalue weighted by Crippen LogP contribution is 2.34. The molecule has 0 heterocycles. The van der Waals surface area contributed by atoms with Gasteiger partial charge in [-0.3, -0.25) is 0 Å². The van der Waals surface area contributed by atoms with Crippen molar-refractivity contribution in [1.82, 2.24) is 0 Å². The summed E-state index contributed by atoms with van der Waals surface area (Å²) in [4.78, 5) is 0. The van der Waals surface area contributed by atoms with Crippen molar-refractivity contribution in [2.75, 3.05) is 0 Å². The number of aliphatic hydroxyl groups excluding tert-OH is 1. The van der Waals surface area contributed by atoms with E-state index < -0.39 is 35.1 Å². The highest BCUT2D eigenvalue weighted by atomic mass is 19.4. The van der Waals surface area contributed by atoms with Crippen molar-refractivity contribution in [1.29, 1.82) is 0 Å². The third-order valence-corrected chi connectivity index (χ3v) is 2.91. The summed E-state index contributed by atoms with van der Waals surface area (Å²) in [6, 6.07) is 1.50. The molecule has 0 aromatic heterocycles. The highest BCUT2D eigenvalue weighted by Gasteiger charge is 2.35. The van der Waals surface area contributed by atoms with Crippen LogP contribution in [0.15, 0.2) is 18.2 Å². The number of halogens is 4. The Morgan fingerprint density at radius 1 is 1.16 bits per heavy atom. The summed E-state index contributed by atoms with van der Waals surface area (Å²) in [5.74, 6) is -1.39. The van der Waals surface area contributed by atoms with Gasteiger partial charge in [0.25, 0.3) is 0 Å². The molecule has 1 aromatic rings. The van der Waals surface area contributed by atoms with Crippen LogP contribution in [0.4, 0.5) is 17.6 Å². The number of alkyl halides is 3. The summed E-state index contributed by atoms with van der Waals surface area (Å²) in [7, 11) is 0. The molecule has 0 radical (unpaired) electrons. The number of nitrogens with two attached hydrogens (primary N) is 1. The predicted molar refractivity (Wildman–Crippen MR) is 63.8 cm³/mol. The zero-order valence-electron chi connectivity index (χ0n) is 10.9. The van der Waals surface area contributed by atoms with Crippen molar-refractivity contribution in [3.63, 3.8) is 0 Å². The Morgan fingerprint density at radius 2 is 1.68 bits per heavy atom. The molecule has 6 heteroatoms. The molecule has 0 saturated carbocycles. The van der Waals surface area contributed by atoms with Gasteiger partial charge in [-0.25, -0.2) is 4.39 Å². The molecular weight excluding hydrogens is 262 g/mol. The number of hydrogen-bond donors (Lipinski definition) is 2. The van der Waals surface area contributed by atoms with Crippen LogP contribution in [0.2, 0.25) is 0 Å². The second kappa shape index (κ2) is 5.09. The van der Waals surface area contributed by atoms with Gasteiger partial charge in [-0.05, 0) is 23.1 Å². The van der Waals surface area contributed by atoms with Gasteiger partial charge in [0.2, 0.25) is 0 Å². The number of hydrogen-bond acceptors (Lipinski definition) is 2. The quantitative estimate of drug-likeness (QED) is 0.816. The van der Waals surface area contributed by atoms with Crippen molar-refractivity contribution in [3.8, 4) is 0 Å². The molecule has 2 nitrogen and oxygen atoms in total. The molecule has 0 amide bonds. The largest absolute Gasteiger partial charge is 0.419 e. The van der Waals surface area contributed by atoms with Crippen LogP contribution < -0.4 is 5.73 Å². The van der Waals surface area contributed by atoms with E-state index in [1.807, 2.05) is 0 Å². The molecule has 108 valence electrons. The second-order valence-electron chi connectivity index (χ2n) is 5.57. The third-order valence-electron chi connectivity index (χ3n) is 2.91. The first kappa shape index (κ1) is 15.9. The molecule has 19 heavy (non-hydrogen) atoms. The molecule has 0 bridgehead atoms. The topological polar surface area (TPSA) is 46.2 Å². The van der Waals surface area contributed by atoms with Crippen LogP contribution in [0.25, 0.3) is 0 Å². The van der Waals surface area contributed by atoms with Crippen LogP contribution in [0, 0.1) is 11.2 Å². The Morgan fingerprint density at radius 3 is 2.05 bits per heavy atom. The lowest BCUT2D eigenvalue weighted by molar-refractivity contribution is -0.140. The van der Waals surface area contributed by atoms with Gasteiger partial charge < -0.3 is 10.8 Å². The first-order valence-corrected chi connectivity index (χ1v) is 5.75. The lowest BCUT2D eigenvalue weighted by atomic mass is 9.82. The summed E-state index contributed by atoms with van der Waals surface area (Å²) in [5.41, 5.74) is 3.99. The molecule has 0 saturated heterocycles. The summed E-state index contributed by atoms with van der Waals surface area (Å²) >= 11 is 0. The summed E-state index contributed by atoms with van der Waals surface area (Å²) < 4.78 is 50.6. The number of benzene rings is 1. The lowest BCUT2D eigenvalue weighted by Gasteiger charge is -2.31. The minimum Gasteiger partial charge on any atom is -0.391 e. The predicted octanol–water partition coefficient (Wildman–Crippen LogP) is 3.25. The standard InChI is InChI=1S/C13H17F4NO/c1-12(2,3)11(19)10(18)7-4-5-8(9(14)6-7)13(15,16)17/h4-6,10-11,19H,18H2,1-3H3/t10-,11-/m0/s1. The summed E-state index contributed by atoms with van der Waals surface area (Å²) in [6.45, 7) is 5.20. The first-order valence-electron chi connectivity index (χ1n) is 5.75. The minimum absolute atomic E-state index is 0.132. The summed E-state index contributed by atoms with van der Waals surface area (Å²) in [5, 5.41) is 9.96. The van der Waals surface area contributed by atoms with Gasteiger partial charge in [0.15, 0.2) is 0 Å². The van der Waals surface area contributed by atoms with Crippen LogP contribution in [0.5, 0.6) is 0 Å². The molecule has 0 unspecified atom stereocenters. The minimum atomic E-state index is -4.74.